The first kappa shape index (κ1) is 29.0. The summed E-state index contributed by atoms with van der Waals surface area (Å²) in [5.41, 5.74) is 11.2. The second-order valence-corrected chi connectivity index (χ2v) is 11.3. The Morgan fingerprint density at radius 1 is 0.500 bits per heavy atom. The average Bonchev–Trinajstić information content (AvgIpc) is 3.12. The first-order chi connectivity index (χ1) is 22.7. The Morgan fingerprint density at radius 2 is 1.02 bits per heavy atom. The zero-order valence-corrected chi connectivity index (χ0v) is 25.4. The van der Waals surface area contributed by atoms with Gasteiger partial charge in [-0.3, -0.25) is 4.99 Å². The van der Waals surface area contributed by atoms with Crippen LogP contribution in [-0.2, 0) is 18.0 Å². The highest BCUT2D eigenvalue weighted by Gasteiger charge is 2.18. The Balaban J connectivity index is 1.45. The molecule has 0 fully saturated rings. The molecule has 0 unspecified atom stereocenters. The number of aliphatic hydroxyl groups is 1. The van der Waals surface area contributed by atoms with Crippen LogP contribution in [0.5, 0.6) is 0 Å². The van der Waals surface area contributed by atoms with E-state index in [-0.39, 0.29) is 6.61 Å². The lowest BCUT2D eigenvalue weighted by Gasteiger charge is -2.19. The van der Waals surface area contributed by atoms with Gasteiger partial charge in [0.15, 0.2) is 0 Å². The molecule has 0 radical (unpaired) electrons. The first-order valence-electron chi connectivity index (χ1n) is 15.4. The molecule has 222 valence electrons. The molecule has 7 aromatic rings. The SMILES string of the molecule is C=N/C=C\OCc1cccc(-c2c3ccccc3c(-c3cccc(CO)c3)c3cc(-c4ccc(-c5ccccc5)cc4)ccc23)c1. The predicted octanol–water partition coefficient (Wildman–Crippen LogP) is 10.8. The highest BCUT2D eigenvalue weighted by Crippen LogP contribution is 2.45. The van der Waals surface area contributed by atoms with E-state index < -0.39 is 0 Å². The van der Waals surface area contributed by atoms with Crippen molar-refractivity contribution < 1.29 is 9.84 Å². The zero-order valence-electron chi connectivity index (χ0n) is 25.4. The van der Waals surface area contributed by atoms with E-state index in [2.05, 4.69) is 139 Å². The number of aliphatic imine (C=N–C) groups is 1. The summed E-state index contributed by atoms with van der Waals surface area (Å²) in [5, 5.41) is 14.7. The summed E-state index contributed by atoms with van der Waals surface area (Å²) in [4.78, 5) is 3.72. The van der Waals surface area contributed by atoms with Crippen LogP contribution in [0.1, 0.15) is 11.1 Å². The number of fused-ring (bicyclic) bond motifs is 2. The largest absolute Gasteiger partial charge is 0.495 e. The van der Waals surface area contributed by atoms with Crippen LogP contribution < -0.4 is 0 Å². The maximum absolute atomic E-state index is 10.0. The van der Waals surface area contributed by atoms with Gasteiger partial charge >= 0.3 is 0 Å². The maximum Gasteiger partial charge on any atom is 0.113 e. The minimum absolute atomic E-state index is 0.00623. The molecule has 0 aliphatic carbocycles. The molecule has 0 bridgehead atoms. The molecule has 0 heterocycles. The van der Waals surface area contributed by atoms with E-state index in [1.165, 1.54) is 32.8 Å². The highest BCUT2D eigenvalue weighted by molar-refractivity contribution is 6.22. The van der Waals surface area contributed by atoms with E-state index in [0.29, 0.717) is 6.61 Å². The van der Waals surface area contributed by atoms with Crippen molar-refractivity contribution in [3.05, 3.63) is 169 Å². The van der Waals surface area contributed by atoms with Crippen molar-refractivity contribution in [2.75, 3.05) is 0 Å². The predicted molar refractivity (Wildman–Crippen MR) is 193 cm³/mol. The summed E-state index contributed by atoms with van der Waals surface area (Å²) < 4.78 is 5.69. The van der Waals surface area contributed by atoms with Gasteiger partial charge in [-0.2, -0.15) is 0 Å². The summed E-state index contributed by atoms with van der Waals surface area (Å²) in [7, 11) is 0. The van der Waals surface area contributed by atoms with E-state index in [9.17, 15) is 5.11 Å². The molecule has 0 aliphatic rings. The highest BCUT2D eigenvalue weighted by atomic mass is 16.5. The van der Waals surface area contributed by atoms with Crippen LogP contribution in [0.2, 0.25) is 0 Å². The number of nitrogens with zero attached hydrogens (tertiary/aromatic N) is 1. The Labute approximate surface area is 269 Å². The van der Waals surface area contributed by atoms with Crippen molar-refractivity contribution in [3.63, 3.8) is 0 Å². The Hall–Kier alpha value is -5.77. The number of ether oxygens (including phenoxy) is 1. The van der Waals surface area contributed by atoms with Gasteiger partial charge in [-0.1, -0.05) is 127 Å². The lowest BCUT2D eigenvalue weighted by molar-refractivity contribution is 0.236. The molecule has 1 N–H and O–H groups in total. The van der Waals surface area contributed by atoms with Crippen molar-refractivity contribution in [1.29, 1.82) is 0 Å². The molecule has 0 amide bonds. The van der Waals surface area contributed by atoms with Crippen molar-refractivity contribution in [3.8, 4) is 44.5 Å². The zero-order chi connectivity index (χ0) is 31.3. The van der Waals surface area contributed by atoms with Gasteiger partial charge in [0.2, 0.25) is 0 Å². The molecule has 0 aromatic heterocycles. The average molecular weight is 596 g/mol. The quantitative estimate of drug-likeness (QED) is 0.102. The van der Waals surface area contributed by atoms with Crippen LogP contribution in [0.4, 0.5) is 0 Å². The van der Waals surface area contributed by atoms with Crippen LogP contribution >= 0.6 is 0 Å². The second-order valence-electron chi connectivity index (χ2n) is 11.3. The van der Waals surface area contributed by atoms with Gasteiger partial charge in [-0.05, 0) is 102 Å². The van der Waals surface area contributed by atoms with Crippen LogP contribution in [0.3, 0.4) is 0 Å². The standard InChI is InChI=1S/C43H33NO2/c1-44-23-24-46-29-31-10-8-14-37(26-31)42-38-15-5-6-16-39(38)43(36-13-7-9-30(25-36)28-45)41-27-35(21-22-40(41)42)34-19-17-33(18-20-34)32-11-3-2-4-12-32/h2-27,45H,1,28-29H2/b24-23-. The third kappa shape index (κ3) is 5.72. The molecule has 7 rings (SSSR count). The number of hydrogen-bond acceptors (Lipinski definition) is 3. The number of hydrogen-bond donors (Lipinski definition) is 1. The van der Waals surface area contributed by atoms with Crippen molar-refractivity contribution in [2.24, 2.45) is 4.99 Å². The smallest absolute Gasteiger partial charge is 0.113 e. The molecular weight excluding hydrogens is 562 g/mol. The summed E-state index contributed by atoms with van der Waals surface area (Å²) >= 11 is 0. The van der Waals surface area contributed by atoms with E-state index in [1.807, 2.05) is 18.2 Å². The van der Waals surface area contributed by atoms with Gasteiger partial charge in [0.1, 0.15) is 12.9 Å². The maximum atomic E-state index is 10.0. The van der Waals surface area contributed by atoms with E-state index in [0.717, 1.165) is 44.3 Å². The lowest BCUT2D eigenvalue weighted by atomic mass is 9.84. The molecular formula is C43H33NO2. The molecule has 0 spiro atoms. The lowest BCUT2D eigenvalue weighted by Crippen LogP contribution is -1.94. The van der Waals surface area contributed by atoms with Crippen molar-refractivity contribution >= 4 is 28.3 Å². The second kappa shape index (κ2) is 13.1. The number of rotatable bonds is 9. The summed E-state index contributed by atoms with van der Waals surface area (Å²) in [6.45, 7) is 3.90. The summed E-state index contributed by atoms with van der Waals surface area (Å²) in [5.74, 6) is 0. The van der Waals surface area contributed by atoms with E-state index in [4.69, 9.17) is 4.74 Å². The van der Waals surface area contributed by atoms with Gasteiger partial charge in [-0.15, -0.1) is 0 Å². The topological polar surface area (TPSA) is 41.8 Å². The van der Waals surface area contributed by atoms with Crippen LogP contribution in [-0.4, -0.2) is 11.8 Å². The Kier molecular flexibility index (Phi) is 8.23. The van der Waals surface area contributed by atoms with E-state index in [1.54, 1.807) is 12.5 Å². The molecule has 3 nitrogen and oxygen atoms in total. The minimum atomic E-state index is -0.00623. The van der Waals surface area contributed by atoms with Gasteiger partial charge in [0.05, 0.1) is 12.8 Å². The molecule has 0 aliphatic heterocycles. The fourth-order valence-electron chi connectivity index (χ4n) is 6.34. The normalized spacial score (nSPS) is 11.3. The van der Waals surface area contributed by atoms with Gasteiger partial charge < -0.3 is 9.84 Å². The van der Waals surface area contributed by atoms with Gasteiger partial charge in [-0.25, -0.2) is 0 Å². The Morgan fingerprint density at radius 3 is 1.70 bits per heavy atom. The number of benzene rings is 7. The van der Waals surface area contributed by atoms with Gasteiger partial charge in [0.25, 0.3) is 0 Å². The molecule has 7 aromatic carbocycles. The first-order valence-corrected chi connectivity index (χ1v) is 15.4. The monoisotopic (exact) mass is 595 g/mol. The van der Waals surface area contributed by atoms with Gasteiger partial charge in [0, 0.05) is 0 Å². The fraction of sp³-hybridized carbons (Fsp3) is 0.0465. The van der Waals surface area contributed by atoms with Crippen molar-refractivity contribution in [2.45, 2.75) is 13.2 Å². The summed E-state index contributed by atoms with van der Waals surface area (Å²) in [6, 6.07) is 51.5. The Bertz CT molecular complexity index is 2200. The molecule has 46 heavy (non-hydrogen) atoms. The van der Waals surface area contributed by atoms with Crippen LogP contribution in [0, 0.1) is 0 Å². The van der Waals surface area contributed by atoms with Crippen molar-refractivity contribution in [1.82, 2.24) is 0 Å². The molecule has 0 atom stereocenters. The minimum Gasteiger partial charge on any atom is -0.495 e. The summed E-state index contributed by atoms with van der Waals surface area (Å²) in [6.07, 6.45) is 3.11. The third-order valence-electron chi connectivity index (χ3n) is 8.48. The van der Waals surface area contributed by atoms with Crippen LogP contribution in [0.25, 0.3) is 66.1 Å². The molecule has 3 heteroatoms. The molecule has 0 saturated heterocycles. The fourth-order valence-corrected chi connectivity index (χ4v) is 6.34. The number of aliphatic hydroxyl groups excluding tert-OH is 1. The third-order valence-corrected chi connectivity index (χ3v) is 8.48. The molecule has 0 saturated carbocycles. The van der Waals surface area contributed by atoms with E-state index >= 15 is 0 Å². The van der Waals surface area contributed by atoms with Crippen LogP contribution in [0.15, 0.2) is 163 Å².